The molecule has 12 rings (SSSR count). The summed E-state index contributed by atoms with van der Waals surface area (Å²) >= 11 is 6.81. The van der Waals surface area contributed by atoms with Crippen LogP contribution in [0.3, 0.4) is 0 Å². The number of nitriles is 2. The third-order valence-electron chi connectivity index (χ3n) is 17.9. The Morgan fingerprint density at radius 3 is 1.38 bits per heavy atom. The van der Waals surface area contributed by atoms with Gasteiger partial charge in [0, 0.05) is 94.3 Å². The molecule has 10 aromatic rings. The van der Waals surface area contributed by atoms with Gasteiger partial charge in [0.2, 0.25) is 11.1 Å². The number of benzene rings is 4. The van der Waals surface area contributed by atoms with Crippen molar-refractivity contribution >= 4 is 111 Å². The van der Waals surface area contributed by atoms with E-state index in [0.717, 1.165) is 138 Å². The molecule has 0 saturated carbocycles. The second-order valence-corrected chi connectivity index (χ2v) is 27.9. The fourth-order valence-electron chi connectivity index (χ4n) is 12.6. The first-order chi connectivity index (χ1) is 47.0. The fourth-order valence-corrected chi connectivity index (χ4v) is 14.7. The third kappa shape index (κ3) is 18.0. The summed E-state index contributed by atoms with van der Waals surface area (Å²) in [5.41, 5.74) is 13.1. The van der Waals surface area contributed by atoms with Crippen LogP contribution in [0, 0.1) is 36.5 Å². The van der Waals surface area contributed by atoms with Crippen LogP contribution in [0.5, 0.6) is 0 Å². The SMILES string of the molecule is C=CC(=O)Cl.C=CC(=O)Nc1ccc(C(C)(O)Cn2c(C#N)cc3c(C)c(CN4CCC(Nc5ncnc6sc(CC(F)(F)F)cc56)CC4)ccc32)cc1.Cc1c(CN2CCC(Nc3ncnc4sc(CC(F)(F)F)cc34)CC2)ccc2c1cc(C#N)n2CC(C)(O)c1ccc(N)cc1. The van der Waals surface area contributed by atoms with Gasteiger partial charge in [-0.2, -0.15) is 36.9 Å². The summed E-state index contributed by atoms with van der Waals surface area (Å²) in [6.45, 7) is 19.3. The summed E-state index contributed by atoms with van der Waals surface area (Å²) in [4.78, 5) is 44.4. The summed E-state index contributed by atoms with van der Waals surface area (Å²) in [5.74, 6) is 0.829. The number of rotatable bonds is 19. The van der Waals surface area contributed by atoms with Crippen molar-refractivity contribution in [3.8, 4) is 12.1 Å². The van der Waals surface area contributed by atoms with Crippen molar-refractivity contribution in [3.05, 3.63) is 190 Å². The molecule has 8 heterocycles. The molecule has 2 aliphatic rings. The van der Waals surface area contributed by atoms with Crippen molar-refractivity contribution in [1.82, 2.24) is 38.9 Å². The second kappa shape index (κ2) is 30.5. The number of aliphatic hydroxyl groups is 2. The zero-order chi connectivity index (χ0) is 71.1. The Morgan fingerprint density at radius 1 is 0.626 bits per heavy atom. The van der Waals surface area contributed by atoms with Crippen molar-refractivity contribution in [2.75, 3.05) is 47.9 Å². The molecule has 1 amide bonds. The number of hydrogen-bond acceptors (Lipinski definition) is 17. The van der Waals surface area contributed by atoms with Crippen molar-refractivity contribution < 1.29 is 46.1 Å². The van der Waals surface area contributed by atoms with Gasteiger partial charge in [-0.15, -0.1) is 22.7 Å². The molecule has 0 bridgehead atoms. The van der Waals surface area contributed by atoms with Gasteiger partial charge in [-0.05, 0) is 171 Å². The maximum Gasteiger partial charge on any atom is 0.393 e. The average Bonchev–Trinajstić information content (AvgIpc) is 1.65. The first kappa shape index (κ1) is 72.5. The molecule has 0 spiro atoms. The standard InChI is InChI=1S/C36H36F3N7O2S.C33H34F3N7OS.C3H3ClO/c1-4-32(47)43-25-8-6-24(7-9-25)35(3,48)20-46-27(18-40)15-29-22(2)23(5-10-31(29)46)19-45-13-11-26(12-14-45)44-33-30-16-28(17-36(37,38)39)49-34(30)42-21-41-33;1-20-21(3-8-29-27(20)13-25(16-37)43(29)18-32(2,44)22-4-6-23(38)7-5-22)17-42-11-9-24(10-12-42)41-30-28-14-26(15-33(34,35)36)45-31(28)40-19-39-30;1-2-3(4)5/h4-10,15-16,21,26,48H,1,11-14,17,19-20H2,2-3H3,(H,43,47)(H,41,42,44);3-8,13-14,19,24,44H,9-12,15,17-18,38H2,1-2H3,(H,39,40,41);2H,1H2. The number of thiophene rings is 2. The number of fused-ring (bicyclic) bond motifs is 4. The Balaban J connectivity index is 0.000000201. The van der Waals surface area contributed by atoms with Gasteiger partial charge in [-0.1, -0.05) is 49.6 Å². The lowest BCUT2D eigenvalue weighted by Crippen LogP contribution is -2.39. The first-order valence-electron chi connectivity index (χ1n) is 31.8. The summed E-state index contributed by atoms with van der Waals surface area (Å²) in [7, 11) is 0. The number of likely N-dealkylation sites (tertiary alicyclic amines) is 2. The number of nitrogens with one attached hydrogen (secondary N) is 3. The Bertz CT molecular complexity index is 4690. The van der Waals surface area contributed by atoms with Crippen molar-refractivity contribution in [2.24, 2.45) is 0 Å². The molecule has 6 aromatic heterocycles. The van der Waals surface area contributed by atoms with Gasteiger partial charge in [0.25, 0.3) is 0 Å². The summed E-state index contributed by atoms with van der Waals surface area (Å²) in [6.07, 6.45) is -2.05. The normalized spacial score (nSPS) is 15.4. The molecule has 0 radical (unpaired) electrons. The van der Waals surface area contributed by atoms with Crippen LogP contribution in [-0.2, 0) is 59.8 Å². The highest BCUT2D eigenvalue weighted by atomic mass is 35.5. The number of amides is 1. The van der Waals surface area contributed by atoms with Crippen LogP contribution < -0.4 is 21.7 Å². The van der Waals surface area contributed by atoms with Crippen LogP contribution in [0.1, 0.15) is 94.1 Å². The van der Waals surface area contributed by atoms with Gasteiger partial charge < -0.3 is 41.0 Å². The number of piperidine rings is 2. The molecule has 0 aliphatic carbocycles. The minimum absolute atomic E-state index is 0.131. The van der Waals surface area contributed by atoms with Crippen LogP contribution in [0.15, 0.2) is 135 Å². The van der Waals surface area contributed by atoms with Gasteiger partial charge in [0.15, 0.2) is 0 Å². The lowest BCUT2D eigenvalue weighted by molar-refractivity contribution is -0.127. The topological polar surface area (TPSA) is 252 Å². The molecule has 99 heavy (non-hydrogen) atoms. The van der Waals surface area contributed by atoms with Gasteiger partial charge in [-0.3, -0.25) is 19.4 Å². The molecular weight excluding hydrogens is 1340 g/mol. The molecule has 7 N–H and O–H groups in total. The predicted molar refractivity (Wildman–Crippen MR) is 377 cm³/mol. The molecule has 2 fully saturated rings. The molecular formula is C72H73ClF6N14O4S2. The van der Waals surface area contributed by atoms with E-state index in [4.69, 9.17) is 17.3 Å². The number of allylic oxidation sites excluding steroid dienone is 1. The largest absolute Gasteiger partial charge is 0.399 e. The molecule has 18 nitrogen and oxygen atoms in total. The van der Waals surface area contributed by atoms with Crippen LogP contribution in [-0.4, -0.2) is 111 Å². The average molecular weight is 1410 g/mol. The Labute approximate surface area is 580 Å². The number of carbonyl (C=O) groups excluding carboxylic acids is 2. The smallest absolute Gasteiger partial charge is 0.393 e. The van der Waals surface area contributed by atoms with E-state index in [1.54, 1.807) is 74.5 Å². The molecule has 4 aromatic carbocycles. The number of nitrogens with zero attached hydrogens (tertiary/aromatic N) is 10. The van der Waals surface area contributed by atoms with E-state index in [0.29, 0.717) is 60.4 Å². The highest BCUT2D eigenvalue weighted by Crippen LogP contribution is 2.38. The molecule has 27 heteroatoms. The lowest BCUT2D eigenvalue weighted by Gasteiger charge is -2.33. The number of halogens is 7. The zero-order valence-corrected chi connectivity index (χ0v) is 57.1. The molecule has 2 atom stereocenters. The van der Waals surface area contributed by atoms with Crippen molar-refractivity contribution in [2.45, 2.75) is 128 Å². The quantitative estimate of drug-likeness (QED) is 0.0191. The minimum atomic E-state index is -4.28. The van der Waals surface area contributed by atoms with Gasteiger partial charge in [-0.25, -0.2) is 19.9 Å². The van der Waals surface area contributed by atoms with Crippen LogP contribution in [0.25, 0.3) is 42.2 Å². The molecule has 516 valence electrons. The number of aromatic nitrogens is 6. The fraction of sp³-hybridized carbons (Fsp3) is 0.333. The van der Waals surface area contributed by atoms with Crippen LogP contribution in [0.4, 0.5) is 49.4 Å². The van der Waals surface area contributed by atoms with Gasteiger partial charge >= 0.3 is 12.4 Å². The van der Waals surface area contributed by atoms with E-state index < -0.39 is 41.6 Å². The highest BCUT2D eigenvalue weighted by molar-refractivity contribution is 7.19. The van der Waals surface area contributed by atoms with E-state index in [9.17, 15) is 56.7 Å². The van der Waals surface area contributed by atoms with E-state index >= 15 is 0 Å². The maximum atomic E-state index is 13.0. The Morgan fingerprint density at radius 2 is 1.02 bits per heavy atom. The second-order valence-electron chi connectivity index (χ2n) is 25.2. The number of aryl methyl sites for hydroxylation is 2. The zero-order valence-electron chi connectivity index (χ0n) is 54.7. The van der Waals surface area contributed by atoms with E-state index in [1.807, 2.05) is 33.4 Å². The lowest BCUT2D eigenvalue weighted by atomic mass is 9.95. The van der Waals surface area contributed by atoms with Crippen LogP contribution in [0.2, 0.25) is 0 Å². The number of alkyl halides is 6. The number of hydrogen-bond donors (Lipinski definition) is 6. The first-order valence-corrected chi connectivity index (χ1v) is 33.8. The van der Waals surface area contributed by atoms with Crippen LogP contribution >= 0.6 is 34.3 Å². The summed E-state index contributed by atoms with van der Waals surface area (Å²) in [6, 6.07) is 34.0. The van der Waals surface area contributed by atoms with Gasteiger partial charge in [0.1, 0.15) is 68.7 Å². The predicted octanol–water partition coefficient (Wildman–Crippen LogP) is 14.5. The minimum Gasteiger partial charge on any atom is -0.399 e. The summed E-state index contributed by atoms with van der Waals surface area (Å²) < 4.78 is 81.4. The Hall–Kier alpha value is -9.25. The molecule has 2 saturated heterocycles. The van der Waals surface area contributed by atoms with Gasteiger partial charge in [0.05, 0.1) is 36.7 Å². The van der Waals surface area contributed by atoms with Crippen molar-refractivity contribution in [1.29, 1.82) is 10.5 Å². The van der Waals surface area contributed by atoms with E-state index in [1.165, 1.54) is 24.3 Å². The molecule has 2 unspecified atom stereocenters. The monoisotopic (exact) mass is 1410 g/mol. The highest BCUT2D eigenvalue weighted by Gasteiger charge is 2.33. The maximum absolute atomic E-state index is 13.0. The Kier molecular flexibility index (Phi) is 22.3. The van der Waals surface area contributed by atoms with E-state index in [2.05, 4.69) is 97.0 Å². The number of nitrogens with two attached hydrogens (primary N) is 1. The number of carbonyl (C=O) groups is 2. The summed E-state index contributed by atoms with van der Waals surface area (Å²) in [5, 5.41) is 55.1. The number of nitrogen functional groups attached to an aromatic ring is 1. The van der Waals surface area contributed by atoms with Crippen molar-refractivity contribution in [3.63, 3.8) is 0 Å². The molecule has 2 aliphatic heterocycles. The third-order valence-corrected chi connectivity index (χ3v) is 20.1. The number of anilines is 4. The van der Waals surface area contributed by atoms with E-state index in [-0.39, 0.29) is 40.8 Å².